The zero-order valence-corrected chi connectivity index (χ0v) is 20.4. The summed E-state index contributed by atoms with van der Waals surface area (Å²) >= 11 is 16.2. The molecule has 0 saturated carbocycles. The van der Waals surface area contributed by atoms with Crippen LogP contribution in [-0.2, 0) is 0 Å². The Labute approximate surface area is 181 Å². The molecule has 0 bridgehead atoms. The third kappa shape index (κ3) is 16.8. The molecule has 1 rings (SSSR count). The summed E-state index contributed by atoms with van der Waals surface area (Å²) in [6, 6.07) is 0. The Kier molecular flexibility index (Phi) is 21.0. The van der Waals surface area contributed by atoms with Crippen LogP contribution >= 0.6 is 94.1 Å². The molecule has 0 aromatic carbocycles. The van der Waals surface area contributed by atoms with Crippen molar-refractivity contribution in [2.75, 3.05) is 73.6 Å². The number of hydrogen-bond donors (Lipinski definition) is 2. The van der Waals surface area contributed by atoms with Gasteiger partial charge in [-0.2, -0.15) is 0 Å². The van der Waals surface area contributed by atoms with Gasteiger partial charge >= 0.3 is 0 Å². The molecule has 0 atom stereocenters. The van der Waals surface area contributed by atoms with Crippen molar-refractivity contribution in [3.05, 3.63) is 0 Å². The molecule has 0 amide bonds. The summed E-state index contributed by atoms with van der Waals surface area (Å²) in [5.74, 6) is 4.67. The molecule has 2 N–H and O–H groups in total. The van der Waals surface area contributed by atoms with Crippen molar-refractivity contribution in [2.45, 2.75) is 0 Å². The molecular formula is C13H28N2OS8. The average Bonchev–Trinajstić information content (AvgIpc) is 2.62. The summed E-state index contributed by atoms with van der Waals surface area (Å²) in [5, 5.41) is 19.1. The number of hydrogen-bond acceptors (Lipinski definition) is 11. The predicted molar refractivity (Wildman–Crippen MR) is 131 cm³/mol. The molecule has 1 fully saturated rings. The molecule has 0 aliphatic carbocycles. The van der Waals surface area contributed by atoms with Crippen molar-refractivity contribution in [1.82, 2.24) is 10.2 Å². The molecule has 1 aliphatic heterocycles. The van der Waals surface area contributed by atoms with Gasteiger partial charge in [-0.05, 0) is 0 Å². The van der Waals surface area contributed by atoms with Crippen LogP contribution in [0.2, 0.25) is 0 Å². The van der Waals surface area contributed by atoms with E-state index in [1.807, 2.05) is 70.6 Å². The summed E-state index contributed by atoms with van der Waals surface area (Å²) in [7, 11) is 0. The molecule has 3 nitrogen and oxygen atoms in total. The second-order valence-corrected chi connectivity index (χ2v) is 14.7. The summed E-state index contributed by atoms with van der Waals surface area (Å²) < 4.78 is 0. The standard InChI is InChI=1S/C13H28N2OS8/c16-3-1-14-5-18-9-22-12-24-13-23-11-21-8-17-4-2-15-6-19-10-20-7-15/h14,16H,1-13H2. The molecule has 11 heteroatoms. The monoisotopic (exact) mass is 484 g/mol. The Balaban J connectivity index is 1.66. The highest BCUT2D eigenvalue weighted by atomic mass is 32.3. The second-order valence-electron chi connectivity index (χ2n) is 4.56. The van der Waals surface area contributed by atoms with Gasteiger partial charge in [-0.15, -0.1) is 94.1 Å². The minimum absolute atomic E-state index is 0.230. The van der Waals surface area contributed by atoms with Crippen LogP contribution in [0.4, 0.5) is 0 Å². The Morgan fingerprint density at radius 1 is 0.833 bits per heavy atom. The number of nitrogens with one attached hydrogen (secondary N) is 1. The molecule has 144 valence electrons. The van der Waals surface area contributed by atoms with E-state index in [9.17, 15) is 0 Å². The maximum Gasteiger partial charge on any atom is 0.0556 e. The predicted octanol–water partition coefficient (Wildman–Crippen LogP) is 4.37. The number of thioether (sulfide) groups is 8. The van der Waals surface area contributed by atoms with E-state index in [0.717, 1.165) is 11.0 Å². The lowest BCUT2D eigenvalue weighted by atomic mass is 10.7. The molecule has 1 heterocycles. The third-order valence-corrected chi connectivity index (χ3v) is 12.6. The van der Waals surface area contributed by atoms with Gasteiger partial charge in [-0.1, -0.05) is 0 Å². The first-order chi connectivity index (χ1) is 11.9. The van der Waals surface area contributed by atoms with E-state index < -0.39 is 0 Å². The highest BCUT2D eigenvalue weighted by Crippen LogP contribution is 2.25. The Morgan fingerprint density at radius 2 is 1.42 bits per heavy atom. The normalized spacial score (nSPS) is 15.9. The first-order valence-electron chi connectivity index (χ1n) is 7.59. The largest absolute Gasteiger partial charge is 0.395 e. The van der Waals surface area contributed by atoms with E-state index >= 15 is 0 Å². The molecule has 1 saturated heterocycles. The van der Waals surface area contributed by atoms with Gasteiger partial charge in [0.05, 0.1) is 6.61 Å². The Morgan fingerprint density at radius 3 is 2.04 bits per heavy atom. The lowest BCUT2D eigenvalue weighted by Crippen LogP contribution is -2.28. The van der Waals surface area contributed by atoms with Crippen molar-refractivity contribution >= 4 is 94.1 Å². The highest BCUT2D eigenvalue weighted by Gasteiger charge is 2.09. The molecule has 1 aliphatic rings. The van der Waals surface area contributed by atoms with Gasteiger partial charge < -0.3 is 10.4 Å². The number of aliphatic hydroxyl groups excluding tert-OH is 1. The fourth-order valence-corrected chi connectivity index (χ4v) is 11.0. The number of aliphatic hydroxyl groups is 1. The molecule has 0 spiro atoms. The van der Waals surface area contributed by atoms with E-state index in [2.05, 4.69) is 33.7 Å². The van der Waals surface area contributed by atoms with Crippen LogP contribution in [0.1, 0.15) is 0 Å². The topological polar surface area (TPSA) is 35.5 Å². The summed E-state index contributed by atoms with van der Waals surface area (Å²) in [4.78, 5) is 2.56. The van der Waals surface area contributed by atoms with Gasteiger partial charge in [0.2, 0.25) is 0 Å². The van der Waals surface area contributed by atoms with Crippen LogP contribution in [0, 0.1) is 0 Å². The summed E-state index contributed by atoms with van der Waals surface area (Å²) in [6.07, 6.45) is 0. The van der Waals surface area contributed by atoms with Gasteiger partial charge in [0.1, 0.15) is 0 Å². The van der Waals surface area contributed by atoms with Crippen LogP contribution in [0.3, 0.4) is 0 Å². The summed E-state index contributed by atoms with van der Waals surface area (Å²) in [5.41, 5.74) is 0. The van der Waals surface area contributed by atoms with Gasteiger partial charge in [0.25, 0.3) is 0 Å². The van der Waals surface area contributed by atoms with Gasteiger partial charge in [0.15, 0.2) is 0 Å². The number of rotatable bonds is 17. The molecule has 0 aromatic heterocycles. The fraction of sp³-hybridized carbons (Fsp3) is 1.00. The Hall–Kier alpha value is 2.68. The minimum Gasteiger partial charge on any atom is -0.395 e. The van der Waals surface area contributed by atoms with Gasteiger partial charge in [-0.25, -0.2) is 0 Å². The maximum atomic E-state index is 8.64. The Bertz CT molecular complexity index is 262. The van der Waals surface area contributed by atoms with Gasteiger partial charge in [-0.3, -0.25) is 4.90 Å². The molecule has 0 aromatic rings. The van der Waals surface area contributed by atoms with E-state index in [1.165, 1.54) is 49.5 Å². The number of nitrogens with zero attached hydrogens (tertiary/aromatic N) is 1. The van der Waals surface area contributed by atoms with Crippen molar-refractivity contribution in [3.63, 3.8) is 0 Å². The van der Waals surface area contributed by atoms with Crippen molar-refractivity contribution < 1.29 is 5.11 Å². The smallest absolute Gasteiger partial charge is 0.0556 e. The first kappa shape index (κ1) is 24.7. The van der Waals surface area contributed by atoms with Crippen molar-refractivity contribution in [1.29, 1.82) is 0 Å². The van der Waals surface area contributed by atoms with Crippen LogP contribution < -0.4 is 5.32 Å². The van der Waals surface area contributed by atoms with Crippen LogP contribution in [0.25, 0.3) is 0 Å². The maximum absolute atomic E-state index is 8.64. The van der Waals surface area contributed by atoms with Crippen molar-refractivity contribution in [2.24, 2.45) is 0 Å². The lowest BCUT2D eigenvalue weighted by molar-refractivity contribution is 0.296. The quantitative estimate of drug-likeness (QED) is 0.228. The molecule has 0 radical (unpaired) electrons. The van der Waals surface area contributed by atoms with Gasteiger partial charge in [0, 0.05) is 67.0 Å². The highest BCUT2D eigenvalue weighted by molar-refractivity contribution is 8.29. The van der Waals surface area contributed by atoms with E-state index in [1.54, 1.807) is 0 Å². The zero-order valence-electron chi connectivity index (χ0n) is 13.9. The van der Waals surface area contributed by atoms with Crippen LogP contribution in [0.15, 0.2) is 0 Å². The average molecular weight is 485 g/mol. The minimum atomic E-state index is 0.230. The van der Waals surface area contributed by atoms with E-state index in [-0.39, 0.29) is 6.61 Å². The first-order valence-corrected chi connectivity index (χ1v) is 16.8. The molecule has 0 unspecified atom stereocenters. The van der Waals surface area contributed by atoms with Crippen LogP contribution in [-0.4, -0.2) is 83.6 Å². The third-order valence-electron chi connectivity index (χ3n) is 2.59. The molecule has 24 heavy (non-hydrogen) atoms. The van der Waals surface area contributed by atoms with Crippen molar-refractivity contribution in [3.8, 4) is 0 Å². The summed E-state index contributed by atoms with van der Waals surface area (Å²) in [6.45, 7) is 2.18. The van der Waals surface area contributed by atoms with E-state index in [0.29, 0.717) is 6.54 Å². The van der Waals surface area contributed by atoms with E-state index in [4.69, 9.17) is 5.11 Å². The van der Waals surface area contributed by atoms with Crippen LogP contribution in [0.5, 0.6) is 0 Å². The fourth-order valence-electron chi connectivity index (χ4n) is 1.51. The molecular weight excluding hydrogens is 457 g/mol. The zero-order chi connectivity index (χ0) is 17.1. The lowest BCUT2D eigenvalue weighted by Gasteiger charge is -2.25. The second kappa shape index (κ2) is 20.4. The SMILES string of the molecule is OCCNCSCSCSCSCSCSCCN1CSCSC1.